The minimum atomic E-state index is 0.0289. The second kappa shape index (κ2) is 9.96. The van der Waals surface area contributed by atoms with Gasteiger partial charge in [-0.05, 0) is 42.3 Å². The molecule has 4 rings (SSSR count). The third-order valence-electron chi connectivity index (χ3n) is 5.43. The minimum absolute atomic E-state index is 0.0289. The predicted octanol–water partition coefficient (Wildman–Crippen LogP) is 4.17. The van der Waals surface area contributed by atoms with Crippen LogP contribution in [0, 0.1) is 6.92 Å². The van der Waals surface area contributed by atoms with E-state index in [9.17, 15) is 4.79 Å². The SMILES string of the molecule is COc1ccc(CC(=O)N(CCN2CCOCC2)c2nc3c(C)cc(Cl)cc3s2)cc1. The highest BCUT2D eigenvalue weighted by Gasteiger charge is 2.22. The van der Waals surface area contributed by atoms with Gasteiger partial charge in [0, 0.05) is 31.2 Å². The number of methoxy groups -OCH3 is 1. The van der Waals surface area contributed by atoms with E-state index in [4.69, 9.17) is 26.1 Å². The fourth-order valence-electron chi connectivity index (χ4n) is 3.66. The van der Waals surface area contributed by atoms with Gasteiger partial charge < -0.3 is 9.47 Å². The topological polar surface area (TPSA) is 54.9 Å². The van der Waals surface area contributed by atoms with Crippen molar-refractivity contribution in [3.63, 3.8) is 0 Å². The van der Waals surface area contributed by atoms with Gasteiger partial charge >= 0.3 is 0 Å². The lowest BCUT2D eigenvalue weighted by Crippen LogP contribution is -2.43. The van der Waals surface area contributed by atoms with Crippen molar-refractivity contribution in [1.82, 2.24) is 9.88 Å². The predicted molar refractivity (Wildman–Crippen MR) is 126 cm³/mol. The van der Waals surface area contributed by atoms with E-state index in [-0.39, 0.29) is 5.91 Å². The van der Waals surface area contributed by atoms with Gasteiger partial charge in [0.1, 0.15) is 5.75 Å². The van der Waals surface area contributed by atoms with E-state index in [2.05, 4.69) is 4.90 Å². The first-order valence-corrected chi connectivity index (χ1v) is 11.5. The molecule has 1 aromatic heterocycles. The molecular formula is C23H26ClN3O3S. The third kappa shape index (κ3) is 5.36. The molecule has 2 aromatic carbocycles. The zero-order valence-corrected chi connectivity index (χ0v) is 19.3. The number of rotatable bonds is 7. The van der Waals surface area contributed by atoms with Gasteiger partial charge in [0.25, 0.3) is 0 Å². The molecule has 0 spiro atoms. The number of benzene rings is 2. The van der Waals surface area contributed by atoms with Crippen molar-refractivity contribution >= 4 is 44.2 Å². The third-order valence-corrected chi connectivity index (χ3v) is 6.67. The number of halogens is 1. The molecule has 0 radical (unpaired) electrons. The lowest BCUT2D eigenvalue weighted by molar-refractivity contribution is -0.118. The summed E-state index contributed by atoms with van der Waals surface area (Å²) in [4.78, 5) is 22.3. The fourth-order valence-corrected chi connectivity index (χ4v) is 5.13. The lowest BCUT2D eigenvalue weighted by atomic mass is 10.1. The van der Waals surface area contributed by atoms with Crippen molar-refractivity contribution in [3.05, 3.63) is 52.5 Å². The second-order valence-corrected chi connectivity index (χ2v) is 9.04. The average molecular weight is 460 g/mol. The van der Waals surface area contributed by atoms with E-state index in [0.29, 0.717) is 23.1 Å². The number of fused-ring (bicyclic) bond motifs is 1. The number of carbonyl (C=O) groups excluding carboxylic acids is 1. The molecule has 164 valence electrons. The zero-order chi connectivity index (χ0) is 21.8. The lowest BCUT2D eigenvalue weighted by Gasteiger charge is -2.29. The van der Waals surface area contributed by atoms with Crippen LogP contribution < -0.4 is 9.64 Å². The molecule has 2 heterocycles. The quantitative estimate of drug-likeness (QED) is 0.530. The molecule has 1 saturated heterocycles. The molecule has 0 atom stereocenters. The van der Waals surface area contributed by atoms with Crippen molar-refractivity contribution < 1.29 is 14.3 Å². The van der Waals surface area contributed by atoms with Crippen molar-refractivity contribution in [2.45, 2.75) is 13.3 Å². The molecule has 31 heavy (non-hydrogen) atoms. The fraction of sp³-hybridized carbons (Fsp3) is 0.391. The summed E-state index contributed by atoms with van der Waals surface area (Å²) in [6, 6.07) is 11.4. The van der Waals surface area contributed by atoms with Crippen molar-refractivity contribution in [1.29, 1.82) is 0 Å². The van der Waals surface area contributed by atoms with Crippen LogP contribution in [0.4, 0.5) is 5.13 Å². The normalized spacial score (nSPS) is 14.7. The average Bonchev–Trinajstić information content (AvgIpc) is 3.19. The molecule has 1 aliphatic heterocycles. The van der Waals surface area contributed by atoms with Crippen LogP contribution in [-0.2, 0) is 16.0 Å². The van der Waals surface area contributed by atoms with Gasteiger partial charge in [-0.15, -0.1) is 0 Å². The number of morpholine rings is 1. The summed E-state index contributed by atoms with van der Waals surface area (Å²) in [6.45, 7) is 6.60. The summed E-state index contributed by atoms with van der Waals surface area (Å²) in [6.07, 6.45) is 0.308. The monoisotopic (exact) mass is 459 g/mol. The number of hydrogen-bond donors (Lipinski definition) is 0. The number of ether oxygens (including phenoxy) is 2. The Morgan fingerprint density at radius 3 is 2.71 bits per heavy atom. The van der Waals surface area contributed by atoms with Crippen LogP contribution in [0.1, 0.15) is 11.1 Å². The summed E-state index contributed by atoms with van der Waals surface area (Å²) in [5, 5.41) is 1.40. The van der Waals surface area contributed by atoms with Crippen LogP contribution in [0.25, 0.3) is 10.2 Å². The van der Waals surface area contributed by atoms with E-state index in [1.807, 2.05) is 48.2 Å². The van der Waals surface area contributed by atoms with Crippen molar-refractivity contribution in [2.75, 3.05) is 51.4 Å². The summed E-state index contributed by atoms with van der Waals surface area (Å²) >= 11 is 7.75. The number of hydrogen-bond acceptors (Lipinski definition) is 6. The molecule has 3 aromatic rings. The minimum Gasteiger partial charge on any atom is -0.497 e. The van der Waals surface area contributed by atoms with Gasteiger partial charge in [-0.2, -0.15) is 0 Å². The van der Waals surface area contributed by atoms with Gasteiger partial charge in [0.05, 0.1) is 37.0 Å². The van der Waals surface area contributed by atoms with E-state index in [1.54, 1.807) is 7.11 Å². The smallest absolute Gasteiger partial charge is 0.233 e. The Kier molecular flexibility index (Phi) is 7.07. The first kappa shape index (κ1) is 22.0. The van der Waals surface area contributed by atoms with E-state index < -0.39 is 0 Å². The molecule has 1 fully saturated rings. The Hall–Kier alpha value is -2.19. The molecule has 8 heteroatoms. The number of aromatic nitrogens is 1. The van der Waals surface area contributed by atoms with Crippen molar-refractivity contribution in [3.8, 4) is 5.75 Å². The Bertz CT molecular complexity index is 1050. The molecular weight excluding hydrogens is 434 g/mol. The largest absolute Gasteiger partial charge is 0.497 e. The van der Waals surface area contributed by atoms with Crippen LogP contribution >= 0.6 is 22.9 Å². The van der Waals surface area contributed by atoms with Crippen LogP contribution in [0.3, 0.4) is 0 Å². The Morgan fingerprint density at radius 2 is 2.00 bits per heavy atom. The summed E-state index contributed by atoms with van der Waals surface area (Å²) in [5.74, 6) is 0.806. The maximum atomic E-state index is 13.4. The molecule has 1 amide bonds. The molecule has 6 nitrogen and oxygen atoms in total. The molecule has 0 N–H and O–H groups in total. The second-order valence-electron chi connectivity index (χ2n) is 7.59. The molecule has 1 aliphatic rings. The standard InChI is InChI=1S/C23H26ClN3O3S/c1-16-13-18(24)15-20-22(16)25-23(31-20)27(8-7-26-9-11-30-12-10-26)21(28)14-17-3-5-19(29-2)6-4-17/h3-6,13,15H,7-12,14H2,1-2H3. The van der Waals surface area contributed by atoms with E-state index >= 15 is 0 Å². The Balaban J connectivity index is 1.58. The van der Waals surface area contributed by atoms with Crippen LogP contribution in [-0.4, -0.2) is 62.3 Å². The first-order chi connectivity index (χ1) is 15.0. The highest BCUT2D eigenvalue weighted by atomic mass is 35.5. The zero-order valence-electron chi connectivity index (χ0n) is 17.8. The van der Waals surface area contributed by atoms with Gasteiger partial charge in [-0.1, -0.05) is 35.1 Å². The van der Waals surface area contributed by atoms with Crippen LogP contribution in [0.2, 0.25) is 5.02 Å². The summed E-state index contributed by atoms with van der Waals surface area (Å²) in [5.41, 5.74) is 2.86. The first-order valence-electron chi connectivity index (χ1n) is 10.3. The molecule has 0 bridgehead atoms. The highest BCUT2D eigenvalue weighted by molar-refractivity contribution is 7.22. The molecule has 0 saturated carbocycles. The van der Waals surface area contributed by atoms with Crippen LogP contribution in [0.15, 0.2) is 36.4 Å². The Morgan fingerprint density at radius 1 is 1.26 bits per heavy atom. The maximum Gasteiger partial charge on any atom is 0.233 e. The van der Waals surface area contributed by atoms with Gasteiger partial charge in [0.2, 0.25) is 5.91 Å². The number of amides is 1. The van der Waals surface area contributed by atoms with Gasteiger partial charge in [0.15, 0.2) is 5.13 Å². The molecule has 0 unspecified atom stereocenters. The highest BCUT2D eigenvalue weighted by Crippen LogP contribution is 2.33. The van der Waals surface area contributed by atoms with Crippen molar-refractivity contribution in [2.24, 2.45) is 0 Å². The number of carbonyl (C=O) groups is 1. The van der Waals surface area contributed by atoms with E-state index in [0.717, 1.165) is 59.9 Å². The molecule has 0 aliphatic carbocycles. The number of aryl methyl sites for hydroxylation is 1. The summed E-state index contributed by atoms with van der Waals surface area (Å²) in [7, 11) is 1.63. The van der Waals surface area contributed by atoms with E-state index in [1.165, 1.54) is 11.3 Å². The number of nitrogens with zero attached hydrogens (tertiary/aromatic N) is 3. The van der Waals surface area contributed by atoms with Gasteiger partial charge in [-0.25, -0.2) is 4.98 Å². The van der Waals surface area contributed by atoms with Crippen LogP contribution in [0.5, 0.6) is 5.75 Å². The van der Waals surface area contributed by atoms with Gasteiger partial charge in [-0.3, -0.25) is 14.6 Å². The maximum absolute atomic E-state index is 13.4. The summed E-state index contributed by atoms with van der Waals surface area (Å²) < 4.78 is 11.7. The number of thiazole rings is 1. The Labute approximate surface area is 191 Å². The number of anilines is 1.